The Morgan fingerprint density at radius 1 is 1.20 bits per heavy atom. The first kappa shape index (κ1) is 12.4. The number of nitrogens with two attached hydrogens (primary N) is 1. The van der Waals surface area contributed by atoms with E-state index < -0.39 is 0 Å². The third-order valence-corrected chi connectivity index (χ3v) is 3.31. The summed E-state index contributed by atoms with van der Waals surface area (Å²) in [6.45, 7) is 0.308. The van der Waals surface area contributed by atoms with E-state index in [1.54, 1.807) is 0 Å². The summed E-state index contributed by atoms with van der Waals surface area (Å²) >= 11 is 1.91. The molecule has 0 unspecified atom stereocenters. The van der Waals surface area contributed by atoms with Crippen LogP contribution in [0.4, 0.5) is 5.69 Å². The summed E-state index contributed by atoms with van der Waals surface area (Å²) in [6, 6.07) is 8.08. The maximum Gasteiger partial charge on any atom is 0.0438 e. The second-order valence-corrected chi connectivity index (χ2v) is 4.76. The third kappa shape index (κ3) is 5.70. The fourth-order valence-electron chi connectivity index (χ4n) is 1.40. The molecule has 0 aliphatic carbocycles. The van der Waals surface area contributed by atoms with Gasteiger partial charge in [-0.05, 0) is 48.5 Å². The highest BCUT2D eigenvalue weighted by atomic mass is 32.2. The van der Waals surface area contributed by atoms with Crippen molar-refractivity contribution in [1.29, 1.82) is 0 Å². The van der Waals surface area contributed by atoms with E-state index in [-0.39, 0.29) is 0 Å². The van der Waals surface area contributed by atoms with Crippen molar-refractivity contribution in [2.45, 2.75) is 19.3 Å². The summed E-state index contributed by atoms with van der Waals surface area (Å²) in [5.41, 5.74) is 7.86. The zero-order chi connectivity index (χ0) is 10.9. The van der Waals surface area contributed by atoms with Crippen LogP contribution in [0.3, 0.4) is 0 Å². The molecule has 1 rings (SSSR count). The van der Waals surface area contributed by atoms with Gasteiger partial charge in [0.05, 0.1) is 0 Å². The van der Waals surface area contributed by atoms with Crippen LogP contribution in [-0.2, 0) is 6.42 Å². The van der Waals surface area contributed by atoms with Crippen LogP contribution >= 0.6 is 11.8 Å². The van der Waals surface area contributed by atoms with Crippen molar-refractivity contribution >= 4 is 17.4 Å². The molecule has 0 saturated carbocycles. The lowest BCUT2D eigenvalue weighted by Crippen LogP contribution is -1.92. The van der Waals surface area contributed by atoms with Gasteiger partial charge in [-0.1, -0.05) is 12.1 Å². The monoisotopic (exact) mass is 225 g/mol. The van der Waals surface area contributed by atoms with Crippen molar-refractivity contribution in [1.82, 2.24) is 0 Å². The number of aryl methyl sites for hydroxylation is 1. The third-order valence-electron chi connectivity index (χ3n) is 2.15. The Labute approximate surface area is 95.9 Å². The maximum atomic E-state index is 8.60. The standard InChI is InChI=1S/C12H19NOS/c13-12-6-1-4-11(10-12)5-2-8-15-9-3-7-14/h1,4,6,10,14H,2-3,5,7-9,13H2. The van der Waals surface area contributed by atoms with Crippen LogP contribution in [0.15, 0.2) is 24.3 Å². The van der Waals surface area contributed by atoms with Crippen LogP contribution in [0.1, 0.15) is 18.4 Å². The minimum absolute atomic E-state index is 0.308. The van der Waals surface area contributed by atoms with Gasteiger partial charge in [0.25, 0.3) is 0 Å². The van der Waals surface area contributed by atoms with Crippen LogP contribution in [0.5, 0.6) is 0 Å². The summed E-state index contributed by atoms with van der Waals surface area (Å²) < 4.78 is 0. The maximum absolute atomic E-state index is 8.60. The quantitative estimate of drug-likeness (QED) is 0.553. The summed E-state index contributed by atoms with van der Waals surface area (Å²) in [5.74, 6) is 2.22. The SMILES string of the molecule is Nc1cccc(CCCSCCCO)c1. The molecule has 84 valence electrons. The molecule has 0 aromatic heterocycles. The van der Waals surface area contributed by atoms with E-state index in [2.05, 4.69) is 6.07 Å². The van der Waals surface area contributed by atoms with Crippen LogP contribution in [0, 0.1) is 0 Å². The van der Waals surface area contributed by atoms with Crippen LogP contribution < -0.4 is 5.73 Å². The number of hydrogen-bond acceptors (Lipinski definition) is 3. The van der Waals surface area contributed by atoms with Crippen LogP contribution in [0.2, 0.25) is 0 Å². The molecule has 1 aromatic rings. The number of hydrogen-bond donors (Lipinski definition) is 2. The van der Waals surface area contributed by atoms with E-state index in [1.807, 2.05) is 30.0 Å². The molecule has 0 aliphatic heterocycles. The molecular formula is C12H19NOS. The Kier molecular flexibility index (Phi) is 6.28. The fourth-order valence-corrected chi connectivity index (χ4v) is 2.28. The molecule has 0 saturated heterocycles. The number of rotatable bonds is 7. The lowest BCUT2D eigenvalue weighted by atomic mass is 10.1. The highest BCUT2D eigenvalue weighted by Gasteiger charge is 1.94. The molecule has 0 spiro atoms. The van der Waals surface area contributed by atoms with Crippen molar-refractivity contribution in [3.05, 3.63) is 29.8 Å². The molecule has 3 heteroatoms. The highest BCUT2D eigenvalue weighted by molar-refractivity contribution is 7.99. The summed E-state index contributed by atoms with van der Waals surface area (Å²) in [6.07, 6.45) is 3.18. The molecule has 2 nitrogen and oxygen atoms in total. The lowest BCUT2D eigenvalue weighted by molar-refractivity contribution is 0.296. The molecular weight excluding hydrogens is 206 g/mol. The Balaban J connectivity index is 2.10. The first-order chi connectivity index (χ1) is 7.33. The molecule has 0 amide bonds. The molecule has 0 heterocycles. The number of aliphatic hydroxyl groups excluding tert-OH is 1. The highest BCUT2D eigenvalue weighted by Crippen LogP contribution is 2.11. The molecule has 15 heavy (non-hydrogen) atoms. The number of anilines is 1. The first-order valence-electron chi connectivity index (χ1n) is 5.36. The van der Waals surface area contributed by atoms with Crippen molar-refractivity contribution in [3.8, 4) is 0 Å². The van der Waals surface area contributed by atoms with Gasteiger partial charge in [0.1, 0.15) is 0 Å². The van der Waals surface area contributed by atoms with Crippen molar-refractivity contribution in [3.63, 3.8) is 0 Å². The topological polar surface area (TPSA) is 46.2 Å². The Bertz CT molecular complexity index is 278. The van der Waals surface area contributed by atoms with Gasteiger partial charge >= 0.3 is 0 Å². The average molecular weight is 225 g/mol. The largest absolute Gasteiger partial charge is 0.399 e. The number of nitrogen functional groups attached to an aromatic ring is 1. The molecule has 1 aromatic carbocycles. The van der Waals surface area contributed by atoms with Crippen molar-refractivity contribution in [2.24, 2.45) is 0 Å². The van der Waals surface area contributed by atoms with Crippen molar-refractivity contribution < 1.29 is 5.11 Å². The summed E-state index contributed by atoms with van der Waals surface area (Å²) in [4.78, 5) is 0. The summed E-state index contributed by atoms with van der Waals surface area (Å²) in [7, 11) is 0. The van der Waals surface area contributed by atoms with Gasteiger partial charge in [-0.2, -0.15) is 11.8 Å². The molecule has 3 N–H and O–H groups in total. The lowest BCUT2D eigenvalue weighted by Gasteiger charge is -2.02. The van der Waals surface area contributed by atoms with Crippen LogP contribution in [-0.4, -0.2) is 23.2 Å². The number of benzene rings is 1. The normalized spacial score (nSPS) is 10.5. The molecule has 0 radical (unpaired) electrons. The molecule has 0 atom stereocenters. The molecule has 0 fully saturated rings. The first-order valence-corrected chi connectivity index (χ1v) is 6.51. The minimum Gasteiger partial charge on any atom is -0.399 e. The zero-order valence-electron chi connectivity index (χ0n) is 8.98. The van der Waals surface area contributed by atoms with E-state index in [0.717, 1.165) is 30.0 Å². The van der Waals surface area contributed by atoms with E-state index in [0.29, 0.717) is 6.61 Å². The predicted octanol–water partition coefficient (Wildman–Crippen LogP) is 2.32. The Morgan fingerprint density at radius 3 is 2.73 bits per heavy atom. The zero-order valence-corrected chi connectivity index (χ0v) is 9.80. The smallest absolute Gasteiger partial charge is 0.0438 e. The van der Waals surface area contributed by atoms with Gasteiger partial charge in [-0.3, -0.25) is 0 Å². The second kappa shape index (κ2) is 7.60. The van der Waals surface area contributed by atoms with Gasteiger partial charge in [0, 0.05) is 12.3 Å². The number of thioether (sulfide) groups is 1. The molecule has 0 bridgehead atoms. The van der Waals surface area contributed by atoms with E-state index in [9.17, 15) is 0 Å². The minimum atomic E-state index is 0.308. The van der Waals surface area contributed by atoms with E-state index >= 15 is 0 Å². The predicted molar refractivity (Wildman–Crippen MR) is 68.2 cm³/mol. The van der Waals surface area contributed by atoms with E-state index in [1.165, 1.54) is 12.0 Å². The summed E-state index contributed by atoms with van der Waals surface area (Å²) in [5, 5.41) is 8.60. The average Bonchev–Trinajstić information content (AvgIpc) is 2.23. The van der Waals surface area contributed by atoms with Gasteiger partial charge in [-0.15, -0.1) is 0 Å². The Morgan fingerprint density at radius 2 is 2.00 bits per heavy atom. The van der Waals surface area contributed by atoms with Crippen molar-refractivity contribution in [2.75, 3.05) is 23.8 Å². The van der Waals surface area contributed by atoms with E-state index in [4.69, 9.17) is 10.8 Å². The van der Waals surface area contributed by atoms with Gasteiger partial charge in [0.2, 0.25) is 0 Å². The number of aliphatic hydroxyl groups is 1. The second-order valence-electron chi connectivity index (χ2n) is 3.54. The van der Waals surface area contributed by atoms with Gasteiger partial charge in [0.15, 0.2) is 0 Å². The Hall–Kier alpha value is -0.670. The van der Waals surface area contributed by atoms with Crippen LogP contribution in [0.25, 0.3) is 0 Å². The molecule has 0 aliphatic rings. The van der Waals surface area contributed by atoms with Gasteiger partial charge < -0.3 is 10.8 Å². The van der Waals surface area contributed by atoms with Gasteiger partial charge in [-0.25, -0.2) is 0 Å². The fraction of sp³-hybridized carbons (Fsp3) is 0.500.